The maximum absolute atomic E-state index is 11.6. The molecule has 3 heterocycles. The first-order valence-electron chi connectivity index (χ1n) is 6.45. The van der Waals surface area contributed by atoms with Crippen LogP contribution in [0.15, 0.2) is 0 Å². The summed E-state index contributed by atoms with van der Waals surface area (Å²) in [6.45, 7) is 3.14. The largest absolute Gasteiger partial charge is 0.481 e. The van der Waals surface area contributed by atoms with E-state index < -0.39 is 11.4 Å². The van der Waals surface area contributed by atoms with Crippen LogP contribution < -0.4 is 5.32 Å². The van der Waals surface area contributed by atoms with Crippen LogP contribution in [0.2, 0.25) is 0 Å². The van der Waals surface area contributed by atoms with E-state index in [4.69, 9.17) is 0 Å². The first-order chi connectivity index (χ1) is 7.74. The first-order valence-corrected chi connectivity index (χ1v) is 6.45. The Balaban J connectivity index is 1.92. The molecule has 3 unspecified atom stereocenters. The van der Waals surface area contributed by atoms with Gasteiger partial charge in [-0.25, -0.2) is 0 Å². The Bertz CT molecular complexity index is 307. The molecule has 0 aromatic heterocycles. The molecule has 16 heavy (non-hydrogen) atoms. The summed E-state index contributed by atoms with van der Waals surface area (Å²) >= 11 is 0. The number of fused-ring (bicyclic) bond motifs is 3. The fourth-order valence-electron chi connectivity index (χ4n) is 3.99. The van der Waals surface area contributed by atoms with Gasteiger partial charge in [0.15, 0.2) is 0 Å². The quantitative estimate of drug-likeness (QED) is 0.687. The molecule has 0 bridgehead atoms. The van der Waals surface area contributed by atoms with Crippen molar-refractivity contribution < 1.29 is 9.90 Å². The molecule has 90 valence electrons. The molecular weight excluding hydrogens is 204 g/mol. The van der Waals surface area contributed by atoms with Crippen LogP contribution in [0.3, 0.4) is 0 Å². The molecule has 3 atom stereocenters. The van der Waals surface area contributed by atoms with Crippen molar-refractivity contribution in [2.24, 2.45) is 5.41 Å². The second-order valence-corrected chi connectivity index (χ2v) is 5.49. The third-order valence-corrected chi connectivity index (χ3v) is 4.83. The lowest BCUT2D eigenvalue weighted by atomic mass is 9.66. The van der Waals surface area contributed by atoms with E-state index in [0.29, 0.717) is 6.04 Å². The molecule has 0 aliphatic carbocycles. The standard InChI is InChI=1S/C12H20N2O2/c15-11(16)12-4-2-6-13-10(12)9-3-1-7-14(9)8-5-12/h9-10,13H,1-8H2,(H,15,16). The predicted molar refractivity (Wildman–Crippen MR) is 60.3 cm³/mol. The van der Waals surface area contributed by atoms with E-state index in [-0.39, 0.29) is 6.04 Å². The van der Waals surface area contributed by atoms with Gasteiger partial charge in [0.2, 0.25) is 0 Å². The number of nitrogens with zero attached hydrogens (tertiary/aromatic N) is 1. The summed E-state index contributed by atoms with van der Waals surface area (Å²) in [4.78, 5) is 14.1. The highest BCUT2D eigenvalue weighted by Crippen LogP contribution is 2.44. The minimum absolute atomic E-state index is 0.190. The van der Waals surface area contributed by atoms with Crippen molar-refractivity contribution in [3.05, 3.63) is 0 Å². The number of hydrogen-bond acceptors (Lipinski definition) is 3. The number of carbonyl (C=O) groups is 1. The molecule has 2 N–H and O–H groups in total. The van der Waals surface area contributed by atoms with Crippen molar-refractivity contribution in [2.75, 3.05) is 19.6 Å². The van der Waals surface area contributed by atoms with Crippen LogP contribution in [-0.2, 0) is 4.79 Å². The Hall–Kier alpha value is -0.610. The fourth-order valence-corrected chi connectivity index (χ4v) is 3.99. The van der Waals surface area contributed by atoms with Crippen LogP contribution in [0.4, 0.5) is 0 Å². The molecule has 0 saturated carbocycles. The van der Waals surface area contributed by atoms with Gasteiger partial charge in [-0.05, 0) is 51.7 Å². The maximum Gasteiger partial charge on any atom is 0.311 e. The van der Waals surface area contributed by atoms with Crippen LogP contribution in [0.1, 0.15) is 32.1 Å². The fraction of sp³-hybridized carbons (Fsp3) is 0.917. The second kappa shape index (κ2) is 3.70. The number of carboxylic acid groups (broad SMARTS) is 1. The topological polar surface area (TPSA) is 52.6 Å². The van der Waals surface area contributed by atoms with Gasteiger partial charge in [-0.1, -0.05) is 0 Å². The van der Waals surface area contributed by atoms with Crippen molar-refractivity contribution >= 4 is 5.97 Å². The summed E-state index contributed by atoms with van der Waals surface area (Å²) in [5.41, 5.74) is -0.468. The van der Waals surface area contributed by atoms with E-state index in [1.807, 2.05) is 0 Å². The number of nitrogens with one attached hydrogen (secondary N) is 1. The van der Waals surface area contributed by atoms with Gasteiger partial charge < -0.3 is 10.4 Å². The number of aliphatic carboxylic acids is 1. The van der Waals surface area contributed by atoms with Crippen LogP contribution in [0, 0.1) is 5.41 Å². The van der Waals surface area contributed by atoms with Gasteiger partial charge >= 0.3 is 5.97 Å². The Kier molecular flexibility index (Phi) is 2.44. The highest BCUT2D eigenvalue weighted by Gasteiger charge is 2.54. The number of rotatable bonds is 1. The minimum atomic E-state index is -0.573. The van der Waals surface area contributed by atoms with E-state index in [1.54, 1.807) is 0 Å². The van der Waals surface area contributed by atoms with Crippen molar-refractivity contribution in [3.8, 4) is 0 Å². The third-order valence-electron chi connectivity index (χ3n) is 4.83. The van der Waals surface area contributed by atoms with Gasteiger partial charge in [0.05, 0.1) is 5.41 Å². The molecule has 0 aromatic carbocycles. The number of piperidine rings is 2. The molecule has 0 spiro atoms. The average Bonchev–Trinajstić information content (AvgIpc) is 2.76. The molecule has 0 aromatic rings. The normalized spacial score (nSPS) is 43.8. The lowest BCUT2D eigenvalue weighted by Gasteiger charge is -2.51. The highest BCUT2D eigenvalue weighted by molar-refractivity contribution is 5.76. The van der Waals surface area contributed by atoms with Gasteiger partial charge in [0.1, 0.15) is 0 Å². The number of carboxylic acids is 1. The van der Waals surface area contributed by atoms with E-state index in [1.165, 1.54) is 19.4 Å². The molecule has 3 saturated heterocycles. The minimum Gasteiger partial charge on any atom is -0.481 e. The van der Waals surface area contributed by atoms with Crippen LogP contribution in [0.25, 0.3) is 0 Å². The molecule has 3 rings (SSSR count). The summed E-state index contributed by atoms with van der Waals surface area (Å²) in [6.07, 6.45) is 5.11. The van der Waals surface area contributed by atoms with Crippen molar-refractivity contribution in [1.82, 2.24) is 10.2 Å². The zero-order valence-electron chi connectivity index (χ0n) is 9.61. The molecule has 0 radical (unpaired) electrons. The molecule has 4 heteroatoms. The summed E-state index contributed by atoms with van der Waals surface area (Å²) in [6, 6.07) is 0.667. The molecule has 4 nitrogen and oxygen atoms in total. The summed E-state index contributed by atoms with van der Waals surface area (Å²) in [5, 5.41) is 13.1. The molecular formula is C12H20N2O2. The Morgan fingerprint density at radius 1 is 1.31 bits per heavy atom. The van der Waals surface area contributed by atoms with Gasteiger partial charge in [0.25, 0.3) is 0 Å². The Morgan fingerprint density at radius 3 is 3.00 bits per heavy atom. The SMILES string of the molecule is O=C(O)C12CCCNC1C1CCCN1CC2. The van der Waals surface area contributed by atoms with Crippen molar-refractivity contribution in [3.63, 3.8) is 0 Å². The maximum atomic E-state index is 11.6. The Labute approximate surface area is 96.0 Å². The Morgan fingerprint density at radius 2 is 2.19 bits per heavy atom. The first kappa shape index (κ1) is 10.5. The van der Waals surface area contributed by atoms with Crippen LogP contribution >= 0.6 is 0 Å². The molecule has 3 fully saturated rings. The summed E-state index contributed by atoms with van der Waals surface area (Å²) in [5.74, 6) is -0.573. The zero-order chi connectivity index (χ0) is 11.2. The van der Waals surface area contributed by atoms with E-state index >= 15 is 0 Å². The van der Waals surface area contributed by atoms with Gasteiger partial charge in [-0.15, -0.1) is 0 Å². The average molecular weight is 224 g/mol. The monoisotopic (exact) mass is 224 g/mol. The van der Waals surface area contributed by atoms with Gasteiger partial charge in [0, 0.05) is 12.1 Å². The molecule has 3 aliphatic heterocycles. The predicted octanol–water partition coefficient (Wildman–Crippen LogP) is 0.677. The third kappa shape index (κ3) is 1.32. The second-order valence-electron chi connectivity index (χ2n) is 5.49. The lowest BCUT2D eigenvalue weighted by Crippen LogP contribution is -2.66. The van der Waals surface area contributed by atoms with Gasteiger partial charge in [-0.2, -0.15) is 0 Å². The van der Waals surface area contributed by atoms with E-state index in [0.717, 1.165) is 32.4 Å². The lowest BCUT2D eigenvalue weighted by molar-refractivity contribution is -0.158. The summed E-state index contributed by atoms with van der Waals surface area (Å²) < 4.78 is 0. The highest BCUT2D eigenvalue weighted by atomic mass is 16.4. The zero-order valence-corrected chi connectivity index (χ0v) is 9.61. The number of hydrogen-bond donors (Lipinski definition) is 2. The van der Waals surface area contributed by atoms with Crippen molar-refractivity contribution in [1.29, 1.82) is 0 Å². The van der Waals surface area contributed by atoms with Crippen LogP contribution in [0.5, 0.6) is 0 Å². The molecule has 3 aliphatic rings. The van der Waals surface area contributed by atoms with Gasteiger partial charge in [-0.3, -0.25) is 9.69 Å². The van der Waals surface area contributed by atoms with E-state index in [9.17, 15) is 9.90 Å². The summed E-state index contributed by atoms with van der Waals surface area (Å²) in [7, 11) is 0. The van der Waals surface area contributed by atoms with Crippen molar-refractivity contribution in [2.45, 2.75) is 44.2 Å². The van der Waals surface area contributed by atoms with E-state index in [2.05, 4.69) is 10.2 Å². The van der Waals surface area contributed by atoms with Crippen LogP contribution in [-0.4, -0.2) is 47.7 Å². The molecule has 0 amide bonds. The smallest absolute Gasteiger partial charge is 0.311 e.